The molecule has 1 heterocycles. The molecule has 0 atom stereocenters. The molecule has 0 aliphatic carbocycles. The molecule has 0 saturated heterocycles. The second-order valence-corrected chi connectivity index (χ2v) is 8.16. The van der Waals surface area contributed by atoms with E-state index < -0.39 is 0 Å². The van der Waals surface area contributed by atoms with Gasteiger partial charge in [0, 0.05) is 38.7 Å². The number of aromatic nitrogens is 1. The Morgan fingerprint density at radius 3 is 2.47 bits per heavy atom. The number of benzene rings is 3. The van der Waals surface area contributed by atoms with Gasteiger partial charge in [-0.15, -0.1) is 0 Å². The Labute approximate surface area is 184 Å². The highest BCUT2D eigenvalue weighted by atomic mass is 79.9. The lowest BCUT2D eigenvalue weighted by Gasteiger charge is -2.09. The molecule has 0 unspecified atom stereocenters. The van der Waals surface area contributed by atoms with Crippen molar-refractivity contribution >= 4 is 39.0 Å². The summed E-state index contributed by atoms with van der Waals surface area (Å²) in [7, 11) is 0. The van der Waals surface area contributed by atoms with Crippen LogP contribution in [0.3, 0.4) is 0 Å². The van der Waals surface area contributed by atoms with Crippen molar-refractivity contribution in [3.8, 4) is 0 Å². The molecule has 1 N–H and O–H groups in total. The maximum atomic E-state index is 12.4. The number of carbonyl (C=O) groups excluding carboxylic acids is 1. The zero-order valence-electron chi connectivity index (χ0n) is 16.9. The molecule has 150 valence electrons. The first-order valence-electron chi connectivity index (χ1n) is 9.76. The van der Waals surface area contributed by atoms with Crippen LogP contribution in [-0.2, 0) is 6.54 Å². The number of amides is 1. The van der Waals surface area contributed by atoms with E-state index in [9.17, 15) is 4.79 Å². The second-order valence-electron chi connectivity index (χ2n) is 7.24. The Bertz CT molecular complexity index is 1240. The van der Waals surface area contributed by atoms with Crippen LogP contribution in [0.5, 0.6) is 0 Å². The average Bonchev–Trinajstić information content (AvgIpc) is 3.01. The number of hydrogen-bond donors (Lipinski definition) is 1. The molecule has 4 rings (SSSR count). The molecular weight excluding hydrogens is 438 g/mol. The molecule has 0 radical (unpaired) electrons. The number of hydrazone groups is 1. The quantitative estimate of drug-likeness (QED) is 0.296. The van der Waals surface area contributed by atoms with Crippen molar-refractivity contribution in [3.05, 3.63) is 105 Å². The predicted molar refractivity (Wildman–Crippen MR) is 126 cm³/mol. The van der Waals surface area contributed by atoms with Crippen molar-refractivity contribution in [2.75, 3.05) is 0 Å². The number of nitrogens with zero attached hydrogens (tertiary/aromatic N) is 2. The molecular formula is C25H22BrN3O. The van der Waals surface area contributed by atoms with Gasteiger partial charge in [0.15, 0.2) is 0 Å². The number of aryl methyl sites for hydroxylation is 1. The third-order valence-electron chi connectivity index (χ3n) is 5.28. The highest BCUT2D eigenvalue weighted by Gasteiger charge is 2.13. The van der Waals surface area contributed by atoms with Gasteiger partial charge in [-0.2, -0.15) is 5.10 Å². The van der Waals surface area contributed by atoms with E-state index >= 15 is 0 Å². The zero-order valence-corrected chi connectivity index (χ0v) is 18.5. The van der Waals surface area contributed by atoms with Gasteiger partial charge in [0.05, 0.1) is 6.21 Å². The number of hydrogen-bond acceptors (Lipinski definition) is 2. The number of carbonyl (C=O) groups is 1. The summed E-state index contributed by atoms with van der Waals surface area (Å²) in [6.07, 6.45) is 1.74. The van der Waals surface area contributed by atoms with Gasteiger partial charge >= 0.3 is 0 Å². The minimum Gasteiger partial charge on any atom is -0.340 e. The van der Waals surface area contributed by atoms with Gasteiger partial charge in [-0.05, 0) is 49.2 Å². The van der Waals surface area contributed by atoms with E-state index in [4.69, 9.17) is 0 Å². The summed E-state index contributed by atoms with van der Waals surface area (Å²) in [5, 5.41) is 5.37. The fraction of sp³-hybridized carbons (Fsp3) is 0.120. The number of halogens is 1. The largest absolute Gasteiger partial charge is 0.340 e. The summed E-state index contributed by atoms with van der Waals surface area (Å²) < 4.78 is 3.35. The van der Waals surface area contributed by atoms with Crippen LogP contribution in [0.25, 0.3) is 10.9 Å². The van der Waals surface area contributed by atoms with Gasteiger partial charge in [0.1, 0.15) is 0 Å². The molecule has 0 aliphatic heterocycles. The Balaban J connectivity index is 1.63. The number of nitrogens with one attached hydrogen (secondary N) is 1. The van der Waals surface area contributed by atoms with E-state index in [1.165, 1.54) is 5.56 Å². The first kappa shape index (κ1) is 20.1. The van der Waals surface area contributed by atoms with Crippen LogP contribution in [0.2, 0.25) is 0 Å². The van der Waals surface area contributed by atoms with Crippen LogP contribution in [0.1, 0.15) is 32.7 Å². The van der Waals surface area contributed by atoms with E-state index in [1.807, 2.05) is 37.3 Å². The summed E-state index contributed by atoms with van der Waals surface area (Å²) in [6, 6.07) is 24.1. The SMILES string of the molecule is Cc1ccccc1C(=O)N/N=C\c1c(C)n(Cc2ccc(Br)cc2)c2ccccc12. The number of para-hydroxylation sites is 1. The molecule has 3 aromatic carbocycles. The molecule has 0 fully saturated rings. The summed E-state index contributed by atoms with van der Waals surface area (Å²) >= 11 is 3.49. The topological polar surface area (TPSA) is 46.4 Å². The van der Waals surface area contributed by atoms with Gasteiger partial charge in [-0.25, -0.2) is 5.43 Å². The van der Waals surface area contributed by atoms with E-state index in [0.717, 1.165) is 38.7 Å². The molecule has 4 aromatic rings. The zero-order chi connectivity index (χ0) is 21.1. The van der Waals surface area contributed by atoms with Crippen molar-refractivity contribution in [3.63, 3.8) is 0 Å². The summed E-state index contributed by atoms with van der Waals surface area (Å²) in [5.41, 5.74) is 8.69. The van der Waals surface area contributed by atoms with Crippen LogP contribution >= 0.6 is 15.9 Å². The van der Waals surface area contributed by atoms with Crippen molar-refractivity contribution in [1.29, 1.82) is 0 Å². The molecule has 5 heteroatoms. The Kier molecular flexibility index (Phi) is 5.81. The lowest BCUT2D eigenvalue weighted by atomic mass is 10.1. The standard InChI is InChI=1S/C25H22BrN3O/c1-17-7-3-4-8-21(17)25(30)28-27-15-23-18(2)29(24-10-6-5-9-22(23)24)16-19-11-13-20(26)14-12-19/h3-15H,16H2,1-2H3,(H,28,30)/b27-15-. The second kappa shape index (κ2) is 8.67. The average molecular weight is 460 g/mol. The van der Waals surface area contributed by atoms with Crippen LogP contribution in [0.15, 0.2) is 82.4 Å². The fourth-order valence-electron chi connectivity index (χ4n) is 3.64. The fourth-order valence-corrected chi connectivity index (χ4v) is 3.90. The molecule has 4 nitrogen and oxygen atoms in total. The molecule has 0 aliphatic rings. The van der Waals surface area contributed by atoms with Crippen molar-refractivity contribution < 1.29 is 4.79 Å². The predicted octanol–water partition coefficient (Wildman–Crippen LogP) is 5.83. The van der Waals surface area contributed by atoms with E-state index in [-0.39, 0.29) is 5.91 Å². The van der Waals surface area contributed by atoms with E-state index in [1.54, 1.807) is 12.3 Å². The van der Waals surface area contributed by atoms with Gasteiger partial charge in [0.25, 0.3) is 5.91 Å². The smallest absolute Gasteiger partial charge is 0.271 e. The maximum Gasteiger partial charge on any atom is 0.271 e. The third kappa shape index (κ3) is 4.07. The first-order valence-corrected chi connectivity index (χ1v) is 10.5. The van der Waals surface area contributed by atoms with Crippen LogP contribution in [-0.4, -0.2) is 16.7 Å². The van der Waals surface area contributed by atoms with Crippen molar-refractivity contribution in [1.82, 2.24) is 9.99 Å². The Morgan fingerprint density at radius 1 is 1.00 bits per heavy atom. The lowest BCUT2D eigenvalue weighted by molar-refractivity contribution is 0.0954. The summed E-state index contributed by atoms with van der Waals surface area (Å²) in [5.74, 6) is -0.208. The molecule has 0 bridgehead atoms. The summed E-state index contributed by atoms with van der Waals surface area (Å²) in [6.45, 7) is 4.77. The van der Waals surface area contributed by atoms with Gasteiger partial charge in [0.2, 0.25) is 0 Å². The molecule has 1 amide bonds. The molecule has 0 saturated carbocycles. The molecule has 1 aromatic heterocycles. The molecule has 0 spiro atoms. The third-order valence-corrected chi connectivity index (χ3v) is 5.81. The van der Waals surface area contributed by atoms with Gasteiger partial charge in [-0.1, -0.05) is 64.5 Å². The van der Waals surface area contributed by atoms with E-state index in [2.05, 4.69) is 74.3 Å². The summed E-state index contributed by atoms with van der Waals surface area (Å²) in [4.78, 5) is 12.4. The Hall–Kier alpha value is -3.18. The van der Waals surface area contributed by atoms with E-state index in [0.29, 0.717) is 5.56 Å². The minimum atomic E-state index is -0.208. The lowest BCUT2D eigenvalue weighted by Crippen LogP contribution is -2.18. The van der Waals surface area contributed by atoms with Crippen LogP contribution < -0.4 is 5.43 Å². The number of fused-ring (bicyclic) bond motifs is 1. The Morgan fingerprint density at radius 2 is 1.70 bits per heavy atom. The maximum absolute atomic E-state index is 12.4. The monoisotopic (exact) mass is 459 g/mol. The van der Waals surface area contributed by atoms with Crippen molar-refractivity contribution in [2.24, 2.45) is 5.10 Å². The van der Waals surface area contributed by atoms with Crippen LogP contribution in [0, 0.1) is 13.8 Å². The highest BCUT2D eigenvalue weighted by molar-refractivity contribution is 9.10. The van der Waals surface area contributed by atoms with Gasteiger partial charge in [-0.3, -0.25) is 4.79 Å². The number of rotatable bonds is 5. The first-order chi connectivity index (χ1) is 14.5. The highest BCUT2D eigenvalue weighted by Crippen LogP contribution is 2.26. The minimum absolute atomic E-state index is 0.208. The van der Waals surface area contributed by atoms with Gasteiger partial charge < -0.3 is 4.57 Å². The van der Waals surface area contributed by atoms with Crippen molar-refractivity contribution in [2.45, 2.75) is 20.4 Å². The molecule has 30 heavy (non-hydrogen) atoms. The van der Waals surface area contributed by atoms with Crippen LogP contribution in [0.4, 0.5) is 0 Å². The normalized spacial score (nSPS) is 11.3.